The maximum absolute atomic E-state index is 15.2. The van der Waals surface area contributed by atoms with Crippen molar-refractivity contribution in [3.8, 4) is 0 Å². The number of ketones is 3. The molecule has 12 atom stereocenters. The summed E-state index contributed by atoms with van der Waals surface area (Å²) >= 11 is 0. The molecule has 1 saturated heterocycles. The number of hydrogen-bond donors (Lipinski definition) is 2. The van der Waals surface area contributed by atoms with Crippen LogP contribution in [0.3, 0.4) is 0 Å². The average Bonchev–Trinajstić information content (AvgIpc) is 2.39. The van der Waals surface area contributed by atoms with Crippen LogP contribution >= 0.6 is 0 Å². The molecule has 20 heteroatoms. The van der Waals surface area contributed by atoms with Crippen molar-refractivity contribution < 1.29 is 57.8 Å². The zero-order valence-electron chi connectivity index (χ0n) is 57.2. The molecule has 1 aliphatic rings. The molecule has 2 N–H and O–H groups in total. The predicted octanol–water partition coefficient (Wildman–Crippen LogP) is 7.05. The summed E-state index contributed by atoms with van der Waals surface area (Å²) in [5.41, 5.74) is -0.324. The molecular weight excluding hydrogens is 1100 g/mol. The quantitative estimate of drug-likeness (QED) is 0.124. The van der Waals surface area contributed by atoms with E-state index in [1.807, 2.05) is 61.5 Å². The molecule has 0 aromatic rings. The number of Topliss-reactive ketones (excluding diaryl/α,β-unsaturated/α-hetero) is 3. The summed E-state index contributed by atoms with van der Waals surface area (Å²) in [5, 5.41) is 14.9. The Labute approximate surface area is 517 Å². The third-order valence-corrected chi connectivity index (χ3v) is 17.2. The lowest BCUT2D eigenvalue weighted by Crippen LogP contribution is -2.63. The zero-order chi connectivity index (χ0) is 66.8. The van der Waals surface area contributed by atoms with E-state index in [1.54, 1.807) is 68.4 Å². The molecule has 1 fully saturated rings. The second kappa shape index (κ2) is 35.3. The third-order valence-electron chi connectivity index (χ3n) is 17.2. The van der Waals surface area contributed by atoms with Crippen molar-refractivity contribution in [2.45, 2.75) is 224 Å². The minimum Gasteiger partial charge on any atom is -0.390 e. The lowest BCUT2D eigenvalue weighted by atomic mass is 9.84. The van der Waals surface area contributed by atoms with Gasteiger partial charge in [0.2, 0.25) is 41.4 Å². The minimum absolute atomic E-state index is 0.00847. The van der Waals surface area contributed by atoms with Gasteiger partial charge in [-0.15, -0.1) is 0 Å². The van der Waals surface area contributed by atoms with E-state index in [0.29, 0.717) is 6.42 Å². The molecule has 0 bridgehead atoms. The highest BCUT2D eigenvalue weighted by atomic mass is 16.3. The van der Waals surface area contributed by atoms with Crippen molar-refractivity contribution in [2.24, 2.45) is 59.2 Å². The molecule has 0 spiro atoms. The van der Waals surface area contributed by atoms with Crippen LogP contribution in [-0.4, -0.2) is 202 Å². The highest BCUT2D eigenvalue weighted by Crippen LogP contribution is 2.29. The van der Waals surface area contributed by atoms with Gasteiger partial charge in [0.25, 0.3) is 5.91 Å². The van der Waals surface area contributed by atoms with Crippen LogP contribution in [0.25, 0.3) is 0 Å². The maximum Gasteiger partial charge on any atom is 0.270 e. The van der Waals surface area contributed by atoms with Crippen molar-refractivity contribution in [2.75, 3.05) is 49.3 Å². The summed E-state index contributed by atoms with van der Waals surface area (Å²) in [6.45, 7) is 34.5. The van der Waals surface area contributed by atoms with Crippen molar-refractivity contribution >= 4 is 64.6 Å². The number of hydrogen-bond acceptors (Lipinski definition) is 12. The third kappa shape index (κ3) is 21.2. The predicted molar refractivity (Wildman–Crippen MR) is 336 cm³/mol. The summed E-state index contributed by atoms with van der Waals surface area (Å²) < 4.78 is 0. The van der Waals surface area contributed by atoms with Crippen LogP contribution < -0.4 is 5.32 Å². The van der Waals surface area contributed by atoms with E-state index >= 15 is 14.4 Å². The Morgan fingerprint density at radius 1 is 0.500 bits per heavy atom. The van der Waals surface area contributed by atoms with Crippen LogP contribution in [0, 0.1) is 59.2 Å². The Bertz CT molecular complexity index is 2400. The summed E-state index contributed by atoms with van der Waals surface area (Å²) in [7, 11) is 10.0. The van der Waals surface area contributed by atoms with Gasteiger partial charge in [-0.3, -0.25) is 52.7 Å². The van der Waals surface area contributed by atoms with Crippen molar-refractivity contribution in [1.29, 1.82) is 0 Å². The first kappa shape index (κ1) is 78.2. The fourth-order valence-electron chi connectivity index (χ4n) is 11.5. The van der Waals surface area contributed by atoms with Crippen LogP contribution in [-0.2, 0) is 52.7 Å². The molecule has 0 aliphatic carbocycles. The molecule has 0 aromatic heterocycles. The number of rotatable bonds is 15. The SMILES string of the molecule is C=C1C(=O)N(C)[C@@H](CC(C)C)C(=O)C[C@@H](C(C)C)C(=O)N(C)[C@@H](CC(C)C)C(=O)C[C@@H](C)C(=O)C[C@H](C)C(=O)N(C)[C@@H](CC(C)C)C(=O)N(C)[C@@H](CC(C)C)C(=O)N(C)[C@@H](C(C)C)C(=O)N(C)C(C(O)[C@H](C)C/C=C/C)C(=O)N[C@@H](CC)C(=O)N1C. The molecule has 0 aromatic carbocycles. The molecule has 20 nitrogen and oxygen atoms in total. The number of likely N-dealkylation sites (N-methyl/N-ethyl adjacent to an activating group) is 7. The van der Waals surface area contributed by atoms with E-state index in [4.69, 9.17) is 0 Å². The Morgan fingerprint density at radius 3 is 1.35 bits per heavy atom. The first-order valence-corrected chi connectivity index (χ1v) is 31.4. The lowest BCUT2D eigenvalue weighted by molar-refractivity contribution is -0.157. The Morgan fingerprint density at radius 2 is 0.907 bits per heavy atom. The van der Waals surface area contributed by atoms with Crippen LogP contribution in [0.1, 0.15) is 175 Å². The van der Waals surface area contributed by atoms with Crippen molar-refractivity contribution in [3.63, 3.8) is 0 Å². The summed E-state index contributed by atoms with van der Waals surface area (Å²) in [6, 6.07) is -8.47. The van der Waals surface area contributed by atoms with E-state index in [1.165, 1.54) is 73.8 Å². The molecule has 8 amide bonds. The lowest BCUT2D eigenvalue weighted by Gasteiger charge is -2.41. The summed E-state index contributed by atoms with van der Waals surface area (Å²) in [5.74, 6) is -11.2. The van der Waals surface area contributed by atoms with Gasteiger partial charge in [-0.1, -0.05) is 130 Å². The standard InChI is InChI=1S/C66H114N8O12/c1-26-28-29-43(15)58(78)57-59(79)67-48(27-2)63(83)68(19)46(18)61(81)69(20)50(31-38(5)6)55(77)36-47(41(11)12)62(82)70(21)49(30-37(3)4)54(76)34-44(16)53(75)35-45(17)60(80)71(22)51(32-39(7)8)64(84)72(23)52(33-40(9)10)65(85)73(24)56(42(13)14)66(86)74(57)25/h26,28,37-45,47-52,56-58,78H,18,27,29-36H2,1-17,19-25H3,(H,67,79)/b28-26+/t43-,44-,45+,47+,48+,49+,50+,51+,52+,56+,57?,58?/m1/s1. The number of aliphatic hydroxyl groups is 1. The Kier molecular flexibility index (Phi) is 32.1. The molecule has 1 aliphatic heterocycles. The average molecular weight is 1210 g/mol. The molecule has 1 rings (SSSR count). The topological polar surface area (TPSA) is 243 Å². The van der Waals surface area contributed by atoms with Gasteiger partial charge in [0.15, 0.2) is 11.6 Å². The van der Waals surface area contributed by atoms with Crippen LogP contribution in [0.15, 0.2) is 24.4 Å². The first-order valence-electron chi connectivity index (χ1n) is 31.4. The van der Waals surface area contributed by atoms with Gasteiger partial charge in [-0.25, -0.2) is 0 Å². The smallest absolute Gasteiger partial charge is 0.270 e. The van der Waals surface area contributed by atoms with Crippen LogP contribution in [0.4, 0.5) is 0 Å². The minimum atomic E-state index is -1.62. The number of aliphatic hydroxyl groups excluding tert-OH is 1. The highest BCUT2D eigenvalue weighted by Gasteiger charge is 2.46. The molecule has 0 radical (unpaired) electrons. The molecule has 0 saturated carbocycles. The number of amides is 8. The van der Waals surface area contributed by atoms with E-state index in [-0.39, 0.29) is 92.3 Å². The van der Waals surface area contributed by atoms with Crippen molar-refractivity contribution in [1.82, 2.24) is 39.6 Å². The number of carbonyl (C=O) groups is 11. The molecule has 490 valence electrons. The van der Waals surface area contributed by atoms with Gasteiger partial charge in [-0.05, 0) is 86.9 Å². The molecule has 1 heterocycles. The summed E-state index contributed by atoms with van der Waals surface area (Å²) in [6.07, 6.45) is 2.40. The highest BCUT2D eigenvalue weighted by molar-refractivity contribution is 6.02. The second-order valence-corrected chi connectivity index (χ2v) is 27.1. The van der Waals surface area contributed by atoms with Gasteiger partial charge in [0, 0.05) is 86.3 Å². The number of allylic oxidation sites excluding steroid dienone is 2. The number of nitrogens with one attached hydrogen (secondary N) is 1. The van der Waals surface area contributed by atoms with Crippen molar-refractivity contribution in [3.05, 3.63) is 24.4 Å². The normalized spacial score (nSPS) is 27.0. The number of carbonyl (C=O) groups excluding carboxylic acids is 11. The monoisotopic (exact) mass is 1210 g/mol. The maximum atomic E-state index is 15.2. The molecule has 86 heavy (non-hydrogen) atoms. The molecular formula is C66H114N8O12. The van der Waals surface area contributed by atoms with E-state index in [2.05, 4.69) is 11.9 Å². The summed E-state index contributed by atoms with van der Waals surface area (Å²) in [4.78, 5) is 170. The van der Waals surface area contributed by atoms with E-state index in [9.17, 15) is 43.5 Å². The Hall–Kier alpha value is -5.79. The zero-order valence-corrected chi connectivity index (χ0v) is 57.2. The number of nitrogens with zero attached hydrogens (tertiary/aromatic N) is 7. The fourth-order valence-corrected chi connectivity index (χ4v) is 11.5. The van der Waals surface area contributed by atoms with Gasteiger partial charge >= 0.3 is 0 Å². The molecule has 2 unspecified atom stereocenters. The van der Waals surface area contributed by atoms with Gasteiger partial charge < -0.3 is 44.7 Å². The largest absolute Gasteiger partial charge is 0.390 e. The van der Waals surface area contributed by atoms with Crippen LogP contribution in [0.2, 0.25) is 0 Å². The fraction of sp³-hybridized carbons (Fsp3) is 0.773. The van der Waals surface area contributed by atoms with E-state index in [0.717, 1.165) is 9.80 Å². The van der Waals surface area contributed by atoms with Gasteiger partial charge in [0.05, 0.1) is 18.2 Å². The van der Waals surface area contributed by atoms with Gasteiger partial charge in [-0.2, -0.15) is 0 Å². The van der Waals surface area contributed by atoms with Crippen LogP contribution in [0.5, 0.6) is 0 Å². The second-order valence-electron chi connectivity index (χ2n) is 27.1. The van der Waals surface area contributed by atoms with E-state index < -0.39 is 137 Å². The Balaban J connectivity index is 4.38. The van der Waals surface area contributed by atoms with Gasteiger partial charge in [0.1, 0.15) is 41.7 Å². The first-order chi connectivity index (χ1) is 39.6.